The minimum atomic E-state index is 0.523. The van der Waals surface area contributed by atoms with Crippen LogP contribution >= 0.6 is 11.3 Å². The monoisotopic (exact) mass is 256 g/mol. The van der Waals surface area contributed by atoms with Crippen LogP contribution in [0.4, 0.5) is 5.13 Å². The summed E-state index contributed by atoms with van der Waals surface area (Å²) in [5.41, 5.74) is 8.81. The number of hydrogen-bond acceptors (Lipinski definition) is 4. The van der Waals surface area contributed by atoms with Gasteiger partial charge in [-0.1, -0.05) is 35.6 Å². The molecular weight excluding hydrogens is 244 g/mol. The number of benzene rings is 1. The van der Waals surface area contributed by atoms with Gasteiger partial charge in [0.25, 0.3) is 0 Å². The first-order valence-corrected chi connectivity index (χ1v) is 6.43. The zero-order chi connectivity index (χ0) is 12.7. The predicted octanol–water partition coefficient (Wildman–Crippen LogP) is 2.56. The first kappa shape index (κ1) is 11.1. The van der Waals surface area contributed by atoms with Gasteiger partial charge in [-0.3, -0.25) is 0 Å². The number of hydrogen-bond donors (Lipinski definition) is 1. The topological polar surface area (TPSA) is 63.6 Å². The van der Waals surface area contributed by atoms with Gasteiger partial charge in [0.05, 0.1) is 5.69 Å². The number of thiazole rings is 1. The van der Waals surface area contributed by atoms with Gasteiger partial charge in [-0.15, -0.1) is 0 Å². The third-order valence-corrected chi connectivity index (χ3v) is 3.86. The van der Waals surface area contributed by atoms with E-state index in [4.69, 9.17) is 5.73 Å². The number of nitrogens with zero attached hydrogens (tertiary/aromatic N) is 3. The maximum atomic E-state index is 5.88. The van der Waals surface area contributed by atoms with Crippen LogP contribution in [0.1, 0.15) is 21.7 Å². The second-order valence-electron chi connectivity index (χ2n) is 4.12. The van der Waals surface area contributed by atoms with E-state index in [1.54, 1.807) is 11.3 Å². The van der Waals surface area contributed by atoms with Crippen molar-refractivity contribution in [1.82, 2.24) is 4.98 Å². The summed E-state index contributed by atoms with van der Waals surface area (Å²) in [6.45, 7) is 4.02. The van der Waals surface area contributed by atoms with Crippen LogP contribution in [0.5, 0.6) is 0 Å². The van der Waals surface area contributed by atoms with Gasteiger partial charge in [-0.2, -0.15) is 4.99 Å². The molecule has 1 aliphatic rings. The van der Waals surface area contributed by atoms with Crippen molar-refractivity contribution in [3.8, 4) is 0 Å². The number of nitrogens with two attached hydrogens (primary N) is 1. The summed E-state index contributed by atoms with van der Waals surface area (Å²) in [7, 11) is 0. The molecule has 90 valence electrons. The summed E-state index contributed by atoms with van der Waals surface area (Å²) in [5, 5.41) is 0.730. The molecule has 0 atom stereocenters. The molecule has 0 aliphatic carbocycles. The molecule has 1 aromatic heterocycles. The zero-order valence-electron chi connectivity index (χ0n) is 10.1. The molecule has 0 radical (unpaired) electrons. The first-order chi connectivity index (χ1) is 8.65. The van der Waals surface area contributed by atoms with Crippen molar-refractivity contribution >= 4 is 28.1 Å². The number of aliphatic imine (C=N–C) groups is 2. The van der Waals surface area contributed by atoms with Gasteiger partial charge in [0.2, 0.25) is 5.13 Å². The van der Waals surface area contributed by atoms with E-state index in [0.717, 1.165) is 22.0 Å². The van der Waals surface area contributed by atoms with Gasteiger partial charge < -0.3 is 5.73 Å². The summed E-state index contributed by atoms with van der Waals surface area (Å²) < 4.78 is 0. The number of rotatable bonds is 1. The average Bonchev–Trinajstić information content (AvgIpc) is 2.83. The molecule has 0 fully saturated rings. The van der Waals surface area contributed by atoms with Crippen molar-refractivity contribution in [3.63, 3.8) is 0 Å². The van der Waals surface area contributed by atoms with E-state index in [0.29, 0.717) is 11.7 Å². The Kier molecular flexibility index (Phi) is 2.48. The van der Waals surface area contributed by atoms with Crippen molar-refractivity contribution < 1.29 is 0 Å². The normalized spacial score (nSPS) is 15.9. The highest BCUT2D eigenvalue weighted by Gasteiger charge is 2.19. The van der Waals surface area contributed by atoms with Gasteiger partial charge in [0, 0.05) is 16.0 Å². The first-order valence-electron chi connectivity index (χ1n) is 5.62. The molecule has 2 aromatic rings. The van der Waals surface area contributed by atoms with E-state index >= 15 is 0 Å². The Hall–Kier alpha value is -2.01. The minimum absolute atomic E-state index is 0.523. The van der Waals surface area contributed by atoms with Crippen LogP contribution in [0.25, 0.3) is 0 Å². The highest BCUT2D eigenvalue weighted by Crippen LogP contribution is 2.26. The van der Waals surface area contributed by atoms with Crippen molar-refractivity contribution in [2.24, 2.45) is 15.7 Å². The maximum absolute atomic E-state index is 5.88. The molecular formula is C13H12N4S. The lowest BCUT2D eigenvalue weighted by atomic mass is 10.1. The Bertz CT molecular complexity index is 663. The fraction of sp³-hybridized carbons (Fsp3) is 0.154. The van der Waals surface area contributed by atoms with Crippen LogP contribution in [0, 0.1) is 13.8 Å². The molecule has 3 rings (SSSR count). The van der Waals surface area contributed by atoms with Gasteiger partial charge in [-0.25, -0.2) is 9.98 Å². The fourth-order valence-corrected chi connectivity index (χ4v) is 2.60. The Morgan fingerprint density at radius 1 is 1.17 bits per heavy atom. The lowest BCUT2D eigenvalue weighted by Gasteiger charge is -1.96. The second-order valence-corrected chi connectivity index (χ2v) is 5.30. The molecule has 0 unspecified atom stereocenters. The Balaban J connectivity index is 2.09. The van der Waals surface area contributed by atoms with Crippen LogP contribution < -0.4 is 5.73 Å². The number of aromatic nitrogens is 1. The summed E-state index contributed by atoms with van der Waals surface area (Å²) in [6.07, 6.45) is 0. The van der Waals surface area contributed by atoms with Crippen LogP contribution in [0.2, 0.25) is 0 Å². The Morgan fingerprint density at radius 3 is 2.56 bits per heavy atom. The van der Waals surface area contributed by atoms with Crippen LogP contribution in [0.15, 0.2) is 34.3 Å². The van der Waals surface area contributed by atoms with Crippen LogP contribution in [0.3, 0.4) is 0 Å². The van der Waals surface area contributed by atoms with E-state index in [1.807, 2.05) is 38.1 Å². The van der Waals surface area contributed by atoms with E-state index in [1.165, 1.54) is 4.88 Å². The number of fused-ring (bicyclic) bond motifs is 1. The van der Waals surface area contributed by atoms with Crippen LogP contribution in [-0.2, 0) is 0 Å². The minimum Gasteiger partial charge on any atom is -0.383 e. The molecule has 18 heavy (non-hydrogen) atoms. The SMILES string of the molecule is Cc1nc(/N=C2\N=C(N)c3ccccc32)sc1C. The van der Waals surface area contributed by atoms with E-state index < -0.39 is 0 Å². The maximum Gasteiger partial charge on any atom is 0.211 e. The van der Waals surface area contributed by atoms with Crippen molar-refractivity contribution in [2.45, 2.75) is 13.8 Å². The Labute approximate surface area is 109 Å². The molecule has 0 spiro atoms. The van der Waals surface area contributed by atoms with Gasteiger partial charge >= 0.3 is 0 Å². The van der Waals surface area contributed by atoms with Gasteiger partial charge in [0.15, 0.2) is 5.84 Å². The van der Waals surface area contributed by atoms with Gasteiger partial charge in [0.1, 0.15) is 5.84 Å². The summed E-state index contributed by atoms with van der Waals surface area (Å²) >= 11 is 1.57. The van der Waals surface area contributed by atoms with E-state index in [2.05, 4.69) is 15.0 Å². The van der Waals surface area contributed by atoms with Crippen LogP contribution in [-0.4, -0.2) is 16.7 Å². The largest absolute Gasteiger partial charge is 0.383 e. The summed E-state index contributed by atoms with van der Waals surface area (Å²) in [4.78, 5) is 14.4. The molecule has 0 saturated heterocycles. The number of aryl methyl sites for hydroxylation is 2. The molecule has 0 amide bonds. The quantitative estimate of drug-likeness (QED) is 0.852. The lowest BCUT2D eigenvalue weighted by molar-refractivity contribution is 1.21. The highest BCUT2D eigenvalue weighted by atomic mass is 32.1. The Morgan fingerprint density at radius 2 is 1.89 bits per heavy atom. The number of amidine groups is 2. The molecule has 1 aliphatic heterocycles. The van der Waals surface area contributed by atoms with E-state index in [-0.39, 0.29) is 0 Å². The molecule has 5 heteroatoms. The summed E-state index contributed by atoms with van der Waals surface area (Å²) in [6, 6.07) is 7.84. The standard InChI is InChI=1S/C13H12N4S/c1-7-8(2)18-13(15-7)17-12-10-6-4-3-5-9(10)11(14)16-12/h3-6H,1-2H3,(H2,14,15,16,17). The fourth-order valence-electron chi connectivity index (χ4n) is 1.82. The van der Waals surface area contributed by atoms with Gasteiger partial charge in [-0.05, 0) is 13.8 Å². The third kappa shape index (κ3) is 1.73. The van der Waals surface area contributed by atoms with Crippen molar-refractivity contribution in [2.75, 3.05) is 0 Å². The molecule has 4 nitrogen and oxygen atoms in total. The molecule has 1 aromatic carbocycles. The van der Waals surface area contributed by atoms with E-state index in [9.17, 15) is 0 Å². The predicted molar refractivity (Wildman–Crippen MR) is 75.0 cm³/mol. The smallest absolute Gasteiger partial charge is 0.211 e. The molecule has 2 heterocycles. The average molecular weight is 256 g/mol. The lowest BCUT2D eigenvalue weighted by Crippen LogP contribution is -2.09. The second kappa shape index (κ2) is 4.03. The molecule has 2 N–H and O–H groups in total. The highest BCUT2D eigenvalue weighted by molar-refractivity contribution is 7.15. The third-order valence-electron chi connectivity index (χ3n) is 2.89. The van der Waals surface area contributed by atoms with Crippen molar-refractivity contribution in [3.05, 3.63) is 46.0 Å². The zero-order valence-corrected chi connectivity index (χ0v) is 11.0. The molecule has 0 bridgehead atoms. The summed E-state index contributed by atoms with van der Waals surface area (Å²) in [5.74, 6) is 1.17. The van der Waals surface area contributed by atoms with Crippen molar-refractivity contribution in [1.29, 1.82) is 0 Å². The molecule has 0 saturated carbocycles.